The molecule has 2 rings (SSSR count). The van der Waals surface area contributed by atoms with Crippen molar-refractivity contribution in [3.05, 3.63) is 35.7 Å². The number of aliphatic carboxylic acids is 1. The second kappa shape index (κ2) is 6.13. The number of carbonyl (C=O) groups is 2. The highest BCUT2D eigenvalue weighted by Gasteiger charge is 2.18. The lowest BCUT2D eigenvalue weighted by Crippen LogP contribution is -2.32. The molecule has 5 heteroatoms. The van der Waals surface area contributed by atoms with Gasteiger partial charge in [-0.2, -0.15) is 0 Å². The molecule has 0 radical (unpaired) electrons. The summed E-state index contributed by atoms with van der Waals surface area (Å²) in [5.41, 5.74) is 1.06. The highest BCUT2D eigenvalue weighted by molar-refractivity contribution is 5.95. The minimum Gasteiger partial charge on any atom is -0.478 e. The van der Waals surface area contributed by atoms with Gasteiger partial charge in [-0.05, 0) is 30.5 Å². The third-order valence-corrected chi connectivity index (χ3v) is 3.13. The molecule has 0 aromatic carbocycles. The van der Waals surface area contributed by atoms with Crippen LogP contribution in [0.2, 0.25) is 0 Å². The average molecular weight is 260 g/mol. The molecule has 1 aliphatic carbocycles. The van der Waals surface area contributed by atoms with E-state index in [9.17, 15) is 9.59 Å². The Morgan fingerprint density at radius 1 is 1.32 bits per heavy atom. The van der Waals surface area contributed by atoms with Gasteiger partial charge in [0.25, 0.3) is 5.91 Å². The topological polar surface area (TPSA) is 79.3 Å². The fourth-order valence-corrected chi connectivity index (χ4v) is 2.18. The van der Waals surface area contributed by atoms with Gasteiger partial charge >= 0.3 is 5.97 Å². The van der Waals surface area contributed by atoms with Gasteiger partial charge in [-0.25, -0.2) is 4.79 Å². The molecule has 0 aliphatic heterocycles. The Bertz CT molecular complexity index is 505. The quantitative estimate of drug-likeness (QED) is 0.810. The van der Waals surface area contributed by atoms with Crippen LogP contribution in [0.25, 0.3) is 6.08 Å². The van der Waals surface area contributed by atoms with E-state index in [1.807, 2.05) is 0 Å². The molecular weight excluding hydrogens is 244 g/mol. The van der Waals surface area contributed by atoms with E-state index in [1.54, 1.807) is 6.07 Å². The number of carboxylic acid groups (broad SMARTS) is 1. The van der Waals surface area contributed by atoms with Crippen LogP contribution in [0.15, 0.2) is 24.5 Å². The van der Waals surface area contributed by atoms with Crippen molar-refractivity contribution in [3.8, 4) is 0 Å². The van der Waals surface area contributed by atoms with E-state index in [1.165, 1.54) is 18.5 Å². The first kappa shape index (κ1) is 13.3. The molecular formula is C14H16N2O3. The largest absolute Gasteiger partial charge is 0.478 e. The molecule has 1 aromatic heterocycles. The first-order valence-corrected chi connectivity index (χ1v) is 6.32. The number of rotatable bonds is 4. The molecule has 19 heavy (non-hydrogen) atoms. The lowest BCUT2D eigenvalue weighted by atomic mass is 10.1. The number of carboxylic acids is 1. The first-order valence-electron chi connectivity index (χ1n) is 6.32. The fourth-order valence-electron chi connectivity index (χ4n) is 2.18. The second-order valence-corrected chi connectivity index (χ2v) is 4.63. The summed E-state index contributed by atoms with van der Waals surface area (Å²) in [6, 6.07) is 1.89. The average Bonchev–Trinajstić information content (AvgIpc) is 2.89. The molecule has 2 N–H and O–H groups in total. The summed E-state index contributed by atoms with van der Waals surface area (Å²) in [6.45, 7) is 0. The number of nitrogens with zero attached hydrogens (tertiary/aromatic N) is 1. The van der Waals surface area contributed by atoms with E-state index in [-0.39, 0.29) is 11.9 Å². The van der Waals surface area contributed by atoms with Crippen LogP contribution >= 0.6 is 0 Å². The smallest absolute Gasteiger partial charge is 0.328 e. The van der Waals surface area contributed by atoms with Crippen LogP contribution in [0.5, 0.6) is 0 Å². The van der Waals surface area contributed by atoms with E-state index in [0.717, 1.165) is 31.8 Å². The first-order chi connectivity index (χ1) is 9.15. The molecule has 100 valence electrons. The lowest BCUT2D eigenvalue weighted by molar-refractivity contribution is -0.131. The normalized spacial score (nSPS) is 15.8. The van der Waals surface area contributed by atoms with Crippen LogP contribution in [0.1, 0.15) is 41.6 Å². The lowest BCUT2D eigenvalue weighted by Gasteiger charge is -2.11. The summed E-state index contributed by atoms with van der Waals surface area (Å²) in [7, 11) is 0. The van der Waals surface area contributed by atoms with E-state index in [4.69, 9.17) is 5.11 Å². The number of carbonyl (C=O) groups excluding carboxylic acids is 1. The number of hydrogen-bond acceptors (Lipinski definition) is 3. The monoisotopic (exact) mass is 260 g/mol. The van der Waals surface area contributed by atoms with Crippen LogP contribution in [-0.2, 0) is 4.79 Å². The van der Waals surface area contributed by atoms with Crippen molar-refractivity contribution >= 4 is 18.0 Å². The van der Waals surface area contributed by atoms with Crippen molar-refractivity contribution in [3.63, 3.8) is 0 Å². The minimum absolute atomic E-state index is 0.148. The summed E-state index contributed by atoms with van der Waals surface area (Å²) >= 11 is 0. The van der Waals surface area contributed by atoms with Crippen LogP contribution < -0.4 is 5.32 Å². The predicted molar refractivity (Wildman–Crippen MR) is 70.6 cm³/mol. The van der Waals surface area contributed by atoms with Gasteiger partial charge in [-0.3, -0.25) is 9.78 Å². The zero-order valence-electron chi connectivity index (χ0n) is 10.5. The van der Waals surface area contributed by atoms with Crippen molar-refractivity contribution in [2.75, 3.05) is 0 Å². The van der Waals surface area contributed by atoms with E-state index < -0.39 is 5.97 Å². The summed E-state index contributed by atoms with van der Waals surface area (Å²) in [4.78, 5) is 26.4. The van der Waals surface area contributed by atoms with Gasteiger partial charge in [0, 0.05) is 24.5 Å². The van der Waals surface area contributed by atoms with Gasteiger partial charge in [-0.15, -0.1) is 0 Å². The zero-order valence-corrected chi connectivity index (χ0v) is 10.5. The molecule has 0 saturated heterocycles. The molecule has 1 saturated carbocycles. The standard InChI is InChI=1S/C14H16N2O3/c17-13(18)6-5-10-7-11(9-15-8-10)14(19)16-12-3-1-2-4-12/h5-9,12H,1-4H2,(H,16,19)(H,17,18). The second-order valence-electron chi connectivity index (χ2n) is 4.63. The van der Waals surface area contributed by atoms with Gasteiger partial charge in [0.05, 0.1) is 5.56 Å². The molecule has 1 aromatic rings. The van der Waals surface area contributed by atoms with Gasteiger partial charge in [-0.1, -0.05) is 12.8 Å². The molecule has 1 amide bonds. The maximum absolute atomic E-state index is 12.0. The SMILES string of the molecule is O=C(O)C=Cc1cncc(C(=O)NC2CCCC2)c1. The Labute approximate surface area is 111 Å². The Kier molecular flexibility index (Phi) is 4.28. The fraction of sp³-hybridized carbons (Fsp3) is 0.357. The highest BCUT2D eigenvalue weighted by Crippen LogP contribution is 2.18. The van der Waals surface area contributed by atoms with E-state index in [2.05, 4.69) is 10.3 Å². The predicted octanol–water partition coefficient (Wildman–Crippen LogP) is 1.85. The highest BCUT2D eigenvalue weighted by atomic mass is 16.4. The van der Waals surface area contributed by atoms with Crippen molar-refractivity contribution in [1.82, 2.24) is 10.3 Å². The molecule has 1 fully saturated rings. The Balaban J connectivity index is 2.04. The Morgan fingerprint density at radius 2 is 2.05 bits per heavy atom. The number of amides is 1. The van der Waals surface area contributed by atoms with Gasteiger partial charge in [0.1, 0.15) is 0 Å². The summed E-state index contributed by atoms with van der Waals surface area (Å²) in [6.07, 6.45) is 9.82. The van der Waals surface area contributed by atoms with Gasteiger partial charge in [0.15, 0.2) is 0 Å². The molecule has 5 nitrogen and oxygen atoms in total. The van der Waals surface area contributed by atoms with Gasteiger partial charge < -0.3 is 10.4 Å². The molecule has 1 aliphatic rings. The Hall–Kier alpha value is -2.17. The van der Waals surface area contributed by atoms with Crippen molar-refractivity contribution in [2.24, 2.45) is 0 Å². The zero-order chi connectivity index (χ0) is 13.7. The maximum Gasteiger partial charge on any atom is 0.328 e. The van der Waals surface area contributed by atoms with E-state index in [0.29, 0.717) is 11.1 Å². The molecule has 0 unspecified atom stereocenters. The third kappa shape index (κ3) is 3.91. The Morgan fingerprint density at radius 3 is 2.74 bits per heavy atom. The molecule has 0 bridgehead atoms. The van der Waals surface area contributed by atoms with Crippen LogP contribution in [0.3, 0.4) is 0 Å². The molecule has 0 spiro atoms. The van der Waals surface area contributed by atoms with E-state index >= 15 is 0 Å². The number of pyridine rings is 1. The maximum atomic E-state index is 12.0. The number of hydrogen-bond donors (Lipinski definition) is 2. The molecule has 0 atom stereocenters. The minimum atomic E-state index is -1.03. The van der Waals surface area contributed by atoms with Crippen molar-refractivity contribution < 1.29 is 14.7 Å². The summed E-state index contributed by atoms with van der Waals surface area (Å²) < 4.78 is 0. The van der Waals surface area contributed by atoms with Crippen LogP contribution in [-0.4, -0.2) is 28.0 Å². The number of nitrogens with one attached hydrogen (secondary N) is 1. The van der Waals surface area contributed by atoms with Crippen LogP contribution in [0, 0.1) is 0 Å². The summed E-state index contributed by atoms with van der Waals surface area (Å²) in [5.74, 6) is -1.18. The van der Waals surface area contributed by atoms with Gasteiger partial charge in [0.2, 0.25) is 0 Å². The number of aromatic nitrogens is 1. The van der Waals surface area contributed by atoms with Crippen molar-refractivity contribution in [1.29, 1.82) is 0 Å². The van der Waals surface area contributed by atoms with Crippen molar-refractivity contribution in [2.45, 2.75) is 31.7 Å². The molecule has 1 heterocycles. The summed E-state index contributed by atoms with van der Waals surface area (Å²) in [5, 5.41) is 11.5. The van der Waals surface area contributed by atoms with Crippen LogP contribution in [0.4, 0.5) is 0 Å². The third-order valence-electron chi connectivity index (χ3n) is 3.13.